The predicted octanol–water partition coefficient (Wildman–Crippen LogP) is 2.84. The van der Waals surface area contributed by atoms with Crippen molar-refractivity contribution in [3.8, 4) is 0 Å². The molecule has 17 heavy (non-hydrogen) atoms. The molecule has 0 spiro atoms. The van der Waals surface area contributed by atoms with E-state index < -0.39 is 0 Å². The maximum atomic E-state index is 9.04. The van der Waals surface area contributed by atoms with Gasteiger partial charge in [0, 0.05) is 23.3 Å². The van der Waals surface area contributed by atoms with Crippen molar-refractivity contribution in [1.29, 1.82) is 0 Å². The number of thioether (sulfide) groups is 1. The molecule has 0 bridgehead atoms. The first-order valence-corrected chi connectivity index (χ1v) is 7.29. The number of aliphatic hydroxyl groups excluding tert-OH is 1. The van der Waals surface area contributed by atoms with Gasteiger partial charge in [0.1, 0.15) is 0 Å². The van der Waals surface area contributed by atoms with Crippen molar-refractivity contribution < 1.29 is 5.11 Å². The molecule has 1 aromatic carbocycles. The highest BCUT2D eigenvalue weighted by Crippen LogP contribution is 2.22. The number of aliphatic hydroxyl groups is 1. The summed E-state index contributed by atoms with van der Waals surface area (Å²) < 4.78 is 0. The first kappa shape index (κ1) is 14.6. The summed E-state index contributed by atoms with van der Waals surface area (Å²) in [6.07, 6.45) is 1.97. The van der Waals surface area contributed by atoms with Crippen LogP contribution in [0.4, 0.5) is 0 Å². The minimum atomic E-state index is 0.260. The molecule has 1 rings (SSSR count). The van der Waals surface area contributed by atoms with E-state index in [1.807, 2.05) is 11.8 Å². The van der Waals surface area contributed by atoms with Crippen LogP contribution >= 0.6 is 11.8 Å². The van der Waals surface area contributed by atoms with E-state index >= 15 is 0 Å². The molecule has 1 aromatic rings. The molecule has 2 N–H and O–H groups in total. The molecule has 0 radical (unpaired) electrons. The van der Waals surface area contributed by atoms with Crippen LogP contribution in [-0.4, -0.2) is 30.1 Å². The van der Waals surface area contributed by atoms with Crippen molar-refractivity contribution in [2.75, 3.05) is 18.9 Å². The molecule has 2 nitrogen and oxygen atoms in total. The van der Waals surface area contributed by atoms with E-state index in [1.165, 1.54) is 10.5 Å². The fourth-order valence-corrected chi connectivity index (χ4v) is 2.79. The van der Waals surface area contributed by atoms with Crippen molar-refractivity contribution in [3.05, 3.63) is 29.8 Å². The molecule has 1 atom stereocenters. The van der Waals surface area contributed by atoms with E-state index in [0.717, 1.165) is 25.1 Å². The smallest absolute Gasteiger partial charge is 0.0446 e. The number of nitrogens with one attached hydrogen (secondary N) is 1. The maximum absolute atomic E-state index is 9.04. The average molecular weight is 253 g/mol. The van der Waals surface area contributed by atoms with Gasteiger partial charge in [0.05, 0.1) is 0 Å². The highest BCUT2D eigenvalue weighted by atomic mass is 32.2. The van der Waals surface area contributed by atoms with Crippen LogP contribution in [0.5, 0.6) is 0 Å². The summed E-state index contributed by atoms with van der Waals surface area (Å²) in [5.41, 5.74) is 1.33. The van der Waals surface area contributed by atoms with Crippen LogP contribution in [0, 0.1) is 6.92 Å². The first-order valence-electron chi connectivity index (χ1n) is 6.30. The Kier molecular flexibility index (Phi) is 7.33. The summed E-state index contributed by atoms with van der Waals surface area (Å²) in [4.78, 5) is 1.34. The quantitative estimate of drug-likeness (QED) is 0.699. The zero-order valence-corrected chi connectivity index (χ0v) is 11.6. The van der Waals surface area contributed by atoms with E-state index in [2.05, 4.69) is 43.4 Å². The number of rotatable bonds is 8. The second-order valence-electron chi connectivity index (χ2n) is 4.24. The third-order valence-corrected chi connectivity index (χ3v) is 4.03. The van der Waals surface area contributed by atoms with E-state index in [4.69, 9.17) is 5.11 Å². The summed E-state index contributed by atoms with van der Waals surface area (Å²) in [6, 6.07) is 8.86. The van der Waals surface area contributed by atoms with Gasteiger partial charge in [-0.3, -0.25) is 0 Å². The van der Waals surface area contributed by atoms with E-state index in [0.29, 0.717) is 6.04 Å². The second kappa shape index (κ2) is 8.56. The molecule has 0 aliphatic heterocycles. The number of hydrogen-bond acceptors (Lipinski definition) is 3. The van der Waals surface area contributed by atoms with Gasteiger partial charge in [-0.2, -0.15) is 0 Å². The average Bonchev–Trinajstić information content (AvgIpc) is 2.34. The Hall–Kier alpha value is -0.510. The zero-order valence-electron chi connectivity index (χ0n) is 10.8. The molecule has 0 heterocycles. The van der Waals surface area contributed by atoms with Gasteiger partial charge in [-0.05, 0) is 37.9 Å². The SMILES string of the molecule is CCCNC(CCO)CSc1ccccc1C. The lowest BCUT2D eigenvalue weighted by molar-refractivity contribution is 0.270. The van der Waals surface area contributed by atoms with Gasteiger partial charge in [0.2, 0.25) is 0 Å². The van der Waals surface area contributed by atoms with Gasteiger partial charge in [-0.1, -0.05) is 25.1 Å². The van der Waals surface area contributed by atoms with Crippen LogP contribution in [0.25, 0.3) is 0 Å². The Balaban J connectivity index is 2.42. The van der Waals surface area contributed by atoms with Crippen LogP contribution in [0.15, 0.2) is 29.2 Å². The highest BCUT2D eigenvalue weighted by Gasteiger charge is 2.08. The van der Waals surface area contributed by atoms with E-state index in [9.17, 15) is 0 Å². The third-order valence-electron chi connectivity index (χ3n) is 2.69. The van der Waals surface area contributed by atoms with Crippen molar-refractivity contribution >= 4 is 11.8 Å². The van der Waals surface area contributed by atoms with Crippen molar-refractivity contribution in [3.63, 3.8) is 0 Å². The van der Waals surface area contributed by atoms with E-state index in [-0.39, 0.29) is 6.61 Å². The Morgan fingerprint density at radius 3 is 2.76 bits per heavy atom. The number of aryl methyl sites for hydroxylation is 1. The lowest BCUT2D eigenvalue weighted by atomic mass is 10.2. The van der Waals surface area contributed by atoms with Gasteiger partial charge >= 0.3 is 0 Å². The Morgan fingerprint density at radius 1 is 1.35 bits per heavy atom. The standard InChI is InChI=1S/C14H23NOS/c1-3-9-15-13(8-10-16)11-17-14-7-5-4-6-12(14)2/h4-7,13,15-16H,3,8-11H2,1-2H3. The van der Waals surface area contributed by atoms with Crippen LogP contribution in [-0.2, 0) is 0 Å². The lowest BCUT2D eigenvalue weighted by Crippen LogP contribution is -2.32. The van der Waals surface area contributed by atoms with Crippen molar-refractivity contribution in [1.82, 2.24) is 5.32 Å². The number of benzene rings is 1. The molecular weight excluding hydrogens is 230 g/mol. The summed E-state index contributed by atoms with van der Waals surface area (Å²) in [5.74, 6) is 1.02. The molecule has 96 valence electrons. The van der Waals surface area contributed by atoms with Crippen LogP contribution in [0.1, 0.15) is 25.3 Å². The molecule has 0 aliphatic carbocycles. The van der Waals surface area contributed by atoms with Crippen LogP contribution in [0.2, 0.25) is 0 Å². The summed E-state index contributed by atoms with van der Waals surface area (Å²) in [6.45, 7) is 5.59. The topological polar surface area (TPSA) is 32.3 Å². The second-order valence-corrected chi connectivity index (χ2v) is 5.30. The molecule has 0 aromatic heterocycles. The molecule has 0 aliphatic rings. The molecular formula is C14H23NOS. The van der Waals surface area contributed by atoms with Gasteiger partial charge in [0.25, 0.3) is 0 Å². The first-order chi connectivity index (χ1) is 8.27. The van der Waals surface area contributed by atoms with E-state index in [1.54, 1.807) is 0 Å². The molecule has 0 fully saturated rings. The summed E-state index contributed by atoms with van der Waals surface area (Å²) in [5, 5.41) is 12.5. The van der Waals surface area contributed by atoms with Crippen LogP contribution in [0.3, 0.4) is 0 Å². The van der Waals surface area contributed by atoms with Crippen molar-refractivity contribution in [2.24, 2.45) is 0 Å². The summed E-state index contributed by atoms with van der Waals surface area (Å²) >= 11 is 1.87. The van der Waals surface area contributed by atoms with Gasteiger partial charge in [-0.15, -0.1) is 11.8 Å². The van der Waals surface area contributed by atoms with Gasteiger partial charge < -0.3 is 10.4 Å². The number of hydrogen-bond donors (Lipinski definition) is 2. The monoisotopic (exact) mass is 253 g/mol. The summed E-state index contributed by atoms with van der Waals surface area (Å²) in [7, 11) is 0. The van der Waals surface area contributed by atoms with Crippen LogP contribution < -0.4 is 5.32 Å². The third kappa shape index (κ3) is 5.57. The minimum Gasteiger partial charge on any atom is -0.396 e. The normalized spacial score (nSPS) is 12.6. The fourth-order valence-electron chi connectivity index (χ4n) is 1.66. The zero-order chi connectivity index (χ0) is 12.5. The molecule has 0 saturated heterocycles. The molecule has 1 unspecified atom stereocenters. The maximum Gasteiger partial charge on any atom is 0.0446 e. The fraction of sp³-hybridized carbons (Fsp3) is 0.571. The predicted molar refractivity (Wildman–Crippen MR) is 75.7 cm³/mol. The molecule has 0 saturated carbocycles. The van der Waals surface area contributed by atoms with Gasteiger partial charge in [0.15, 0.2) is 0 Å². The highest BCUT2D eigenvalue weighted by molar-refractivity contribution is 7.99. The Labute approximate surface area is 109 Å². The largest absolute Gasteiger partial charge is 0.396 e. The lowest BCUT2D eigenvalue weighted by Gasteiger charge is -2.17. The molecule has 0 amide bonds. The Morgan fingerprint density at radius 2 is 2.12 bits per heavy atom. The minimum absolute atomic E-state index is 0.260. The van der Waals surface area contributed by atoms with Crippen molar-refractivity contribution in [2.45, 2.75) is 37.6 Å². The molecule has 3 heteroatoms. The Bertz CT molecular complexity index is 317. The van der Waals surface area contributed by atoms with Gasteiger partial charge in [-0.25, -0.2) is 0 Å².